The van der Waals surface area contributed by atoms with Gasteiger partial charge in [-0.05, 0) is 33.0 Å². The molecule has 84 valence electrons. The highest BCUT2D eigenvalue weighted by Crippen LogP contribution is 2.30. The molecule has 17 heavy (non-hydrogen) atoms. The molecule has 0 amide bonds. The van der Waals surface area contributed by atoms with E-state index in [0.717, 1.165) is 0 Å². The highest BCUT2D eigenvalue weighted by Gasteiger charge is 2.06. The smallest absolute Gasteiger partial charge is 0.0103 e. The molecule has 0 N–H and O–H groups in total. The van der Waals surface area contributed by atoms with E-state index in [2.05, 4.69) is 68.4 Å². The van der Waals surface area contributed by atoms with E-state index in [-0.39, 0.29) is 0 Å². The first-order valence-electron chi connectivity index (χ1n) is 6.18. The van der Waals surface area contributed by atoms with Gasteiger partial charge in [-0.15, -0.1) is 0 Å². The summed E-state index contributed by atoms with van der Waals surface area (Å²) < 4.78 is 0. The van der Waals surface area contributed by atoms with Gasteiger partial charge in [-0.25, -0.2) is 0 Å². The Kier molecular flexibility index (Phi) is 2.36. The quantitative estimate of drug-likeness (QED) is 0.499. The summed E-state index contributed by atoms with van der Waals surface area (Å²) >= 11 is 0. The number of benzene rings is 3. The lowest BCUT2D eigenvalue weighted by atomic mass is 9.93. The predicted octanol–water partition coefficient (Wildman–Crippen LogP) is 5.12. The van der Waals surface area contributed by atoms with Crippen molar-refractivity contribution in [1.29, 1.82) is 0 Å². The van der Waals surface area contributed by atoms with E-state index in [1.165, 1.54) is 27.1 Å². The molecule has 0 spiro atoms. The second kappa shape index (κ2) is 3.89. The average Bonchev–Trinajstić information content (AvgIpc) is 2.37. The molecule has 0 aliphatic rings. The Morgan fingerprint density at radius 1 is 0.647 bits per heavy atom. The highest BCUT2D eigenvalue weighted by atomic mass is 14.1. The van der Waals surface area contributed by atoms with Crippen LogP contribution in [0.1, 0.15) is 25.3 Å². The Bertz CT molecular complexity index is 678. The highest BCUT2D eigenvalue weighted by molar-refractivity contribution is 6.08. The van der Waals surface area contributed by atoms with Gasteiger partial charge in [-0.3, -0.25) is 0 Å². The van der Waals surface area contributed by atoms with Crippen LogP contribution in [0.3, 0.4) is 0 Å². The fourth-order valence-electron chi connectivity index (χ4n) is 2.57. The van der Waals surface area contributed by atoms with Crippen LogP contribution in [-0.4, -0.2) is 0 Å². The van der Waals surface area contributed by atoms with Crippen LogP contribution < -0.4 is 0 Å². The van der Waals surface area contributed by atoms with Gasteiger partial charge in [0.05, 0.1) is 0 Å². The first-order valence-corrected chi connectivity index (χ1v) is 6.18. The SMILES string of the molecule is CC(C)c1cccc2c1ccc1ccccc12. The number of hydrogen-bond acceptors (Lipinski definition) is 0. The van der Waals surface area contributed by atoms with Crippen molar-refractivity contribution in [2.75, 3.05) is 0 Å². The summed E-state index contributed by atoms with van der Waals surface area (Å²) in [7, 11) is 0. The molecule has 0 unspecified atom stereocenters. The molecule has 0 saturated heterocycles. The zero-order valence-electron chi connectivity index (χ0n) is 10.3. The molecule has 0 aliphatic carbocycles. The van der Waals surface area contributed by atoms with Gasteiger partial charge in [-0.1, -0.05) is 68.4 Å². The third-order valence-electron chi connectivity index (χ3n) is 3.44. The minimum atomic E-state index is 0.569. The maximum absolute atomic E-state index is 2.26. The Morgan fingerprint density at radius 2 is 1.41 bits per heavy atom. The van der Waals surface area contributed by atoms with Crippen LogP contribution >= 0.6 is 0 Å². The van der Waals surface area contributed by atoms with Gasteiger partial charge in [-0.2, -0.15) is 0 Å². The monoisotopic (exact) mass is 220 g/mol. The molecule has 0 nitrogen and oxygen atoms in total. The molecular formula is C17H16. The summed E-state index contributed by atoms with van der Waals surface area (Å²) in [6.45, 7) is 4.51. The summed E-state index contributed by atoms with van der Waals surface area (Å²) in [5.74, 6) is 0.569. The van der Waals surface area contributed by atoms with Crippen molar-refractivity contribution in [1.82, 2.24) is 0 Å². The summed E-state index contributed by atoms with van der Waals surface area (Å²) in [5, 5.41) is 5.43. The van der Waals surface area contributed by atoms with E-state index >= 15 is 0 Å². The summed E-state index contributed by atoms with van der Waals surface area (Å²) in [5.41, 5.74) is 1.44. The van der Waals surface area contributed by atoms with E-state index in [1.54, 1.807) is 0 Å². The van der Waals surface area contributed by atoms with Crippen molar-refractivity contribution in [3.05, 3.63) is 60.2 Å². The van der Waals surface area contributed by atoms with Crippen LogP contribution in [0.25, 0.3) is 21.5 Å². The fourth-order valence-corrected chi connectivity index (χ4v) is 2.57. The van der Waals surface area contributed by atoms with Crippen LogP contribution in [0.4, 0.5) is 0 Å². The standard InChI is InChI=1S/C17H16/c1-12(2)14-8-5-9-16-15-7-4-3-6-13(15)10-11-17(14)16/h3-12H,1-2H3. The maximum Gasteiger partial charge on any atom is -0.0103 e. The third kappa shape index (κ3) is 1.61. The van der Waals surface area contributed by atoms with Crippen molar-refractivity contribution in [2.24, 2.45) is 0 Å². The second-order valence-electron chi connectivity index (χ2n) is 4.88. The van der Waals surface area contributed by atoms with Gasteiger partial charge in [0, 0.05) is 0 Å². The van der Waals surface area contributed by atoms with Gasteiger partial charge in [0.25, 0.3) is 0 Å². The lowest BCUT2D eigenvalue weighted by Gasteiger charge is -2.11. The average molecular weight is 220 g/mol. The molecule has 3 aromatic carbocycles. The van der Waals surface area contributed by atoms with Gasteiger partial charge in [0.1, 0.15) is 0 Å². The van der Waals surface area contributed by atoms with Crippen molar-refractivity contribution < 1.29 is 0 Å². The molecule has 0 atom stereocenters. The number of hydrogen-bond donors (Lipinski definition) is 0. The van der Waals surface area contributed by atoms with E-state index in [4.69, 9.17) is 0 Å². The first-order chi connectivity index (χ1) is 8.27. The van der Waals surface area contributed by atoms with Crippen LogP contribution in [0, 0.1) is 0 Å². The van der Waals surface area contributed by atoms with Gasteiger partial charge in [0.15, 0.2) is 0 Å². The van der Waals surface area contributed by atoms with Gasteiger partial charge >= 0.3 is 0 Å². The maximum atomic E-state index is 2.26. The minimum absolute atomic E-state index is 0.569. The zero-order valence-corrected chi connectivity index (χ0v) is 10.3. The molecule has 0 aliphatic heterocycles. The van der Waals surface area contributed by atoms with Crippen molar-refractivity contribution in [3.63, 3.8) is 0 Å². The normalized spacial score (nSPS) is 11.5. The van der Waals surface area contributed by atoms with Crippen LogP contribution in [-0.2, 0) is 0 Å². The topological polar surface area (TPSA) is 0 Å². The fraction of sp³-hybridized carbons (Fsp3) is 0.176. The molecule has 0 aromatic heterocycles. The van der Waals surface area contributed by atoms with E-state index < -0.39 is 0 Å². The summed E-state index contributed by atoms with van der Waals surface area (Å²) in [4.78, 5) is 0. The molecule has 3 aromatic rings. The Labute approximate surface area is 102 Å². The minimum Gasteiger partial charge on any atom is -0.0616 e. The number of rotatable bonds is 1. The van der Waals surface area contributed by atoms with Crippen molar-refractivity contribution >= 4 is 21.5 Å². The predicted molar refractivity (Wildman–Crippen MR) is 75.5 cm³/mol. The Hall–Kier alpha value is -1.82. The molecule has 0 radical (unpaired) electrons. The summed E-state index contributed by atoms with van der Waals surface area (Å²) in [6.07, 6.45) is 0. The van der Waals surface area contributed by atoms with Crippen LogP contribution in [0.15, 0.2) is 54.6 Å². The molecule has 0 heterocycles. The lowest BCUT2D eigenvalue weighted by molar-refractivity contribution is 0.876. The second-order valence-corrected chi connectivity index (χ2v) is 4.88. The third-order valence-corrected chi connectivity index (χ3v) is 3.44. The molecule has 0 bridgehead atoms. The van der Waals surface area contributed by atoms with E-state index in [0.29, 0.717) is 5.92 Å². The Morgan fingerprint density at radius 3 is 2.24 bits per heavy atom. The van der Waals surface area contributed by atoms with Gasteiger partial charge < -0.3 is 0 Å². The Balaban J connectivity index is 2.48. The van der Waals surface area contributed by atoms with Crippen molar-refractivity contribution in [3.8, 4) is 0 Å². The van der Waals surface area contributed by atoms with E-state index in [1.807, 2.05) is 0 Å². The largest absolute Gasteiger partial charge is 0.0616 e. The van der Waals surface area contributed by atoms with Crippen LogP contribution in [0.5, 0.6) is 0 Å². The lowest BCUT2D eigenvalue weighted by Crippen LogP contribution is -1.89. The molecule has 0 heteroatoms. The molecule has 3 rings (SSSR count). The number of fused-ring (bicyclic) bond motifs is 3. The zero-order chi connectivity index (χ0) is 11.8. The molecule has 0 fully saturated rings. The van der Waals surface area contributed by atoms with Gasteiger partial charge in [0.2, 0.25) is 0 Å². The molecular weight excluding hydrogens is 204 g/mol. The molecule has 0 saturated carbocycles. The summed E-state index contributed by atoms with van der Waals surface area (Å²) in [6, 6.07) is 19.7. The van der Waals surface area contributed by atoms with E-state index in [9.17, 15) is 0 Å². The van der Waals surface area contributed by atoms with Crippen molar-refractivity contribution in [2.45, 2.75) is 19.8 Å². The first kappa shape index (κ1) is 10.3. The van der Waals surface area contributed by atoms with Crippen LogP contribution in [0.2, 0.25) is 0 Å².